The zero-order chi connectivity index (χ0) is 13.1. The van der Waals surface area contributed by atoms with Gasteiger partial charge in [-0.15, -0.1) is 0 Å². The van der Waals surface area contributed by atoms with Gasteiger partial charge in [-0.05, 0) is 32.9 Å². The molecule has 94 valence electrons. The van der Waals surface area contributed by atoms with Crippen LogP contribution in [0.25, 0.3) is 0 Å². The molecule has 1 amide bonds. The van der Waals surface area contributed by atoms with Crippen LogP contribution in [0.4, 0.5) is 5.69 Å². The lowest BCUT2D eigenvalue weighted by molar-refractivity contribution is 0.102. The van der Waals surface area contributed by atoms with Gasteiger partial charge < -0.3 is 5.32 Å². The molecule has 0 saturated heterocycles. The van der Waals surface area contributed by atoms with Crippen LogP contribution in [0.1, 0.15) is 28.7 Å². The highest BCUT2D eigenvalue weighted by atomic mass is 16.1. The molecule has 5 nitrogen and oxygen atoms in total. The summed E-state index contributed by atoms with van der Waals surface area (Å²) >= 11 is 0. The average molecular weight is 244 g/mol. The van der Waals surface area contributed by atoms with E-state index in [1.807, 2.05) is 25.5 Å². The second-order valence-corrected chi connectivity index (χ2v) is 4.05. The maximum absolute atomic E-state index is 12.2. The van der Waals surface area contributed by atoms with Crippen LogP contribution in [0.5, 0.6) is 0 Å². The van der Waals surface area contributed by atoms with E-state index in [4.69, 9.17) is 0 Å². The molecule has 2 rings (SSSR count). The number of hydrogen-bond acceptors (Lipinski definition) is 3. The molecule has 0 saturated carbocycles. The molecule has 0 radical (unpaired) electrons. The molecule has 0 unspecified atom stereocenters. The summed E-state index contributed by atoms with van der Waals surface area (Å²) in [6.45, 7) is 6.52. The molecule has 0 spiro atoms. The van der Waals surface area contributed by atoms with Crippen molar-refractivity contribution in [2.45, 2.75) is 27.3 Å². The number of nitrogens with one attached hydrogen (secondary N) is 1. The molecule has 0 aromatic carbocycles. The first kappa shape index (κ1) is 12.3. The predicted molar refractivity (Wildman–Crippen MR) is 69.6 cm³/mol. The second-order valence-electron chi connectivity index (χ2n) is 4.05. The number of rotatable bonds is 3. The number of hydrogen-bond donors (Lipinski definition) is 1. The van der Waals surface area contributed by atoms with Crippen LogP contribution in [-0.2, 0) is 6.54 Å². The third kappa shape index (κ3) is 2.25. The Morgan fingerprint density at radius 1 is 1.33 bits per heavy atom. The summed E-state index contributed by atoms with van der Waals surface area (Å²) in [5.41, 5.74) is 3.02. The number of amides is 1. The Bertz CT molecular complexity index is 560. The molecule has 1 N–H and O–H groups in total. The van der Waals surface area contributed by atoms with Crippen molar-refractivity contribution in [2.75, 3.05) is 5.32 Å². The first-order valence-electron chi connectivity index (χ1n) is 5.89. The Labute approximate surface area is 106 Å². The fourth-order valence-corrected chi connectivity index (χ4v) is 1.96. The van der Waals surface area contributed by atoms with Crippen molar-refractivity contribution in [2.24, 2.45) is 0 Å². The summed E-state index contributed by atoms with van der Waals surface area (Å²) in [7, 11) is 0. The molecule has 0 aliphatic heterocycles. The Morgan fingerprint density at radius 2 is 2.00 bits per heavy atom. The summed E-state index contributed by atoms with van der Waals surface area (Å²) in [4.78, 5) is 16.1. The highest BCUT2D eigenvalue weighted by Gasteiger charge is 2.17. The van der Waals surface area contributed by atoms with Gasteiger partial charge in [0.25, 0.3) is 5.91 Å². The van der Waals surface area contributed by atoms with E-state index >= 15 is 0 Å². The molecular formula is C13H16N4O. The Balaban J connectivity index is 2.27. The van der Waals surface area contributed by atoms with Crippen molar-refractivity contribution in [3.05, 3.63) is 41.5 Å². The molecular weight excluding hydrogens is 228 g/mol. The van der Waals surface area contributed by atoms with Gasteiger partial charge in [-0.1, -0.05) is 0 Å². The van der Waals surface area contributed by atoms with Gasteiger partial charge >= 0.3 is 0 Å². The predicted octanol–water partition coefficient (Wildman–Crippen LogP) is 2.17. The Hall–Kier alpha value is -2.17. The molecule has 0 bridgehead atoms. The lowest BCUT2D eigenvalue weighted by atomic mass is 10.2. The van der Waals surface area contributed by atoms with Crippen molar-refractivity contribution in [1.82, 2.24) is 14.8 Å². The van der Waals surface area contributed by atoms with E-state index < -0.39 is 0 Å². The second kappa shape index (κ2) is 5.00. The van der Waals surface area contributed by atoms with Gasteiger partial charge in [-0.25, -0.2) is 0 Å². The van der Waals surface area contributed by atoms with Crippen LogP contribution in [0.2, 0.25) is 0 Å². The number of pyridine rings is 1. The topological polar surface area (TPSA) is 59.8 Å². The fraction of sp³-hybridized carbons (Fsp3) is 0.308. The molecule has 0 fully saturated rings. The van der Waals surface area contributed by atoms with E-state index in [9.17, 15) is 4.79 Å². The van der Waals surface area contributed by atoms with Gasteiger partial charge in [0.15, 0.2) is 0 Å². The minimum Gasteiger partial charge on any atom is -0.322 e. The van der Waals surface area contributed by atoms with E-state index in [1.165, 1.54) is 0 Å². The maximum Gasteiger partial charge on any atom is 0.259 e. The van der Waals surface area contributed by atoms with Crippen LogP contribution in [0.15, 0.2) is 24.5 Å². The van der Waals surface area contributed by atoms with Crippen molar-refractivity contribution < 1.29 is 4.79 Å². The van der Waals surface area contributed by atoms with Crippen LogP contribution < -0.4 is 5.32 Å². The van der Waals surface area contributed by atoms with Gasteiger partial charge in [0.05, 0.1) is 11.3 Å². The Kier molecular flexibility index (Phi) is 3.41. The van der Waals surface area contributed by atoms with Gasteiger partial charge in [0, 0.05) is 30.3 Å². The summed E-state index contributed by atoms with van der Waals surface area (Å²) < 4.78 is 1.83. The lowest BCUT2D eigenvalue weighted by Crippen LogP contribution is -2.14. The highest BCUT2D eigenvalue weighted by Crippen LogP contribution is 2.15. The van der Waals surface area contributed by atoms with Crippen molar-refractivity contribution in [3.8, 4) is 0 Å². The van der Waals surface area contributed by atoms with E-state index in [0.717, 1.165) is 23.6 Å². The van der Waals surface area contributed by atoms with E-state index in [1.54, 1.807) is 24.5 Å². The van der Waals surface area contributed by atoms with Gasteiger partial charge in [0.2, 0.25) is 0 Å². The number of aromatic nitrogens is 3. The first-order valence-corrected chi connectivity index (χ1v) is 5.89. The minimum atomic E-state index is -0.129. The summed E-state index contributed by atoms with van der Waals surface area (Å²) in [6.07, 6.45) is 3.29. The average Bonchev–Trinajstić information content (AvgIpc) is 2.65. The van der Waals surface area contributed by atoms with Crippen LogP contribution in [0.3, 0.4) is 0 Å². The van der Waals surface area contributed by atoms with E-state index in [-0.39, 0.29) is 5.91 Å². The van der Waals surface area contributed by atoms with Crippen molar-refractivity contribution in [1.29, 1.82) is 0 Å². The zero-order valence-corrected chi connectivity index (χ0v) is 10.8. The molecule has 0 aliphatic rings. The number of aryl methyl sites for hydroxylation is 2. The fourth-order valence-electron chi connectivity index (χ4n) is 1.96. The van der Waals surface area contributed by atoms with Crippen LogP contribution in [-0.4, -0.2) is 20.7 Å². The number of nitrogens with zero attached hydrogens (tertiary/aromatic N) is 3. The zero-order valence-electron chi connectivity index (χ0n) is 10.8. The molecule has 2 aromatic rings. The van der Waals surface area contributed by atoms with Gasteiger partial charge in [-0.3, -0.25) is 14.5 Å². The molecule has 18 heavy (non-hydrogen) atoms. The lowest BCUT2D eigenvalue weighted by Gasteiger charge is -2.05. The van der Waals surface area contributed by atoms with Crippen molar-refractivity contribution in [3.63, 3.8) is 0 Å². The van der Waals surface area contributed by atoms with E-state index in [2.05, 4.69) is 15.4 Å². The minimum absolute atomic E-state index is 0.129. The molecule has 0 atom stereocenters. The largest absolute Gasteiger partial charge is 0.322 e. The molecule has 2 heterocycles. The van der Waals surface area contributed by atoms with E-state index in [0.29, 0.717) is 5.56 Å². The third-order valence-electron chi connectivity index (χ3n) is 2.85. The van der Waals surface area contributed by atoms with Crippen LogP contribution >= 0.6 is 0 Å². The number of anilines is 1. The first-order chi connectivity index (χ1) is 8.63. The smallest absolute Gasteiger partial charge is 0.259 e. The highest BCUT2D eigenvalue weighted by molar-refractivity contribution is 6.05. The van der Waals surface area contributed by atoms with Crippen molar-refractivity contribution >= 4 is 11.6 Å². The quantitative estimate of drug-likeness (QED) is 0.900. The normalized spacial score (nSPS) is 10.4. The monoisotopic (exact) mass is 244 g/mol. The SMILES string of the molecule is CCn1nc(C)c(C(=O)Nc2ccncc2)c1C. The standard InChI is InChI=1S/C13H16N4O/c1-4-17-10(3)12(9(2)16-17)13(18)15-11-5-7-14-8-6-11/h5-8H,4H2,1-3H3,(H,14,15,18). The van der Waals surface area contributed by atoms with Gasteiger partial charge in [-0.2, -0.15) is 5.10 Å². The molecule has 5 heteroatoms. The Morgan fingerprint density at radius 3 is 2.56 bits per heavy atom. The maximum atomic E-state index is 12.2. The molecule has 0 aliphatic carbocycles. The summed E-state index contributed by atoms with van der Waals surface area (Å²) in [6, 6.07) is 3.51. The molecule has 2 aromatic heterocycles. The van der Waals surface area contributed by atoms with Crippen LogP contribution in [0, 0.1) is 13.8 Å². The third-order valence-corrected chi connectivity index (χ3v) is 2.85. The number of carbonyl (C=O) groups excluding carboxylic acids is 1. The van der Waals surface area contributed by atoms with Gasteiger partial charge in [0.1, 0.15) is 0 Å². The number of carbonyl (C=O) groups is 1. The summed E-state index contributed by atoms with van der Waals surface area (Å²) in [5.74, 6) is -0.129. The summed E-state index contributed by atoms with van der Waals surface area (Å²) in [5, 5.41) is 7.18.